The molecule has 1 heterocycles. The van der Waals surface area contributed by atoms with Gasteiger partial charge in [-0.3, -0.25) is 4.79 Å². The van der Waals surface area contributed by atoms with Gasteiger partial charge in [0.1, 0.15) is 5.78 Å². The minimum Gasteiger partial charge on any atom is -0.378 e. The summed E-state index contributed by atoms with van der Waals surface area (Å²) in [5.74, 6) is 0.696. The molecule has 0 amide bonds. The molecule has 2 N–H and O–H groups in total. The second-order valence-corrected chi connectivity index (χ2v) is 4.73. The third-order valence-electron chi connectivity index (χ3n) is 3.21. The van der Waals surface area contributed by atoms with E-state index in [0.29, 0.717) is 30.8 Å². The first-order valence-corrected chi connectivity index (χ1v) is 5.99. The predicted octanol–water partition coefficient (Wildman–Crippen LogP) is 1.75. The number of rotatable bonds is 6. The average molecular weight is 213 g/mol. The SMILES string of the molecule is CC(C)C(CN)C(=O)CCC1CCCO1. The maximum Gasteiger partial charge on any atom is 0.137 e. The van der Waals surface area contributed by atoms with Crippen LogP contribution in [0.4, 0.5) is 0 Å². The molecule has 0 aromatic rings. The standard InChI is InChI=1S/C12H23NO2/c1-9(2)11(8-13)12(14)6-5-10-4-3-7-15-10/h9-11H,3-8,13H2,1-2H3. The molecular weight excluding hydrogens is 190 g/mol. The van der Waals surface area contributed by atoms with Gasteiger partial charge in [0.15, 0.2) is 0 Å². The highest BCUT2D eigenvalue weighted by atomic mass is 16.5. The largest absolute Gasteiger partial charge is 0.378 e. The second kappa shape index (κ2) is 6.23. The highest BCUT2D eigenvalue weighted by Gasteiger charge is 2.22. The van der Waals surface area contributed by atoms with E-state index in [9.17, 15) is 4.79 Å². The first-order valence-electron chi connectivity index (χ1n) is 5.99. The van der Waals surface area contributed by atoms with E-state index < -0.39 is 0 Å². The molecule has 0 aromatic carbocycles. The normalized spacial score (nSPS) is 23.3. The van der Waals surface area contributed by atoms with E-state index in [1.54, 1.807) is 0 Å². The van der Waals surface area contributed by atoms with Crippen molar-refractivity contribution in [1.82, 2.24) is 0 Å². The van der Waals surface area contributed by atoms with Gasteiger partial charge in [-0.2, -0.15) is 0 Å². The zero-order chi connectivity index (χ0) is 11.3. The van der Waals surface area contributed by atoms with Gasteiger partial charge in [-0.25, -0.2) is 0 Å². The number of carbonyl (C=O) groups is 1. The minimum atomic E-state index is 0.0337. The fourth-order valence-electron chi connectivity index (χ4n) is 2.14. The molecule has 0 saturated carbocycles. The quantitative estimate of drug-likeness (QED) is 0.731. The van der Waals surface area contributed by atoms with Gasteiger partial charge >= 0.3 is 0 Å². The number of carbonyl (C=O) groups excluding carboxylic acids is 1. The molecule has 2 unspecified atom stereocenters. The summed E-state index contributed by atoms with van der Waals surface area (Å²) < 4.78 is 5.49. The summed E-state index contributed by atoms with van der Waals surface area (Å²) in [4.78, 5) is 11.8. The first kappa shape index (κ1) is 12.7. The Labute approximate surface area is 92.4 Å². The van der Waals surface area contributed by atoms with E-state index in [-0.39, 0.29) is 5.92 Å². The van der Waals surface area contributed by atoms with Crippen LogP contribution in [-0.4, -0.2) is 25.0 Å². The third kappa shape index (κ3) is 3.92. The third-order valence-corrected chi connectivity index (χ3v) is 3.21. The zero-order valence-corrected chi connectivity index (χ0v) is 9.87. The Balaban J connectivity index is 2.27. The van der Waals surface area contributed by atoms with Crippen molar-refractivity contribution >= 4 is 5.78 Å². The summed E-state index contributed by atoms with van der Waals surface area (Å²) in [5, 5.41) is 0. The molecule has 2 atom stereocenters. The van der Waals surface area contributed by atoms with Gasteiger partial charge in [-0.1, -0.05) is 13.8 Å². The van der Waals surface area contributed by atoms with Crippen molar-refractivity contribution in [2.24, 2.45) is 17.6 Å². The van der Waals surface area contributed by atoms with Crippen molar-refractivity contribution in [3.8, 4) is 0 Å². The van der Waals surface area contributed by atoms with E-state index in [0.717, 1.165) is 25.9 Å². The van der Waals surface area contributed by atoms with Gasteiger partial charge in [0.25, 0.3) is 0 Å². The lowest BCUT2D eigenvalue weighted by molar-refractivity contribution is -0.124. The maximum atomic E-state index is 11.8. The molecule has 88 valence electrons. The van der Waals surface area contributed by atoms with Crippen molar-refractivity contribution in [2.75, 3.05) is 13.2 Å². The van der Waals surface area contributed by atoms with E-state index in [1.807, 2.05) is 0 Å². The van der Waals surface area contributed by atoms with Gasteiger partial charge in [-0.05, 0) is 25.2 Å². The van der Waals surface area contributed by atoms with Crippen molar-refractivity contribution in [3.63, 3.8) is 0 Å². The average Bonchev–Trinajstić information content (AvgIpc) is 2.67. The fourth-order valence-corrected chi connectivity index (χ4v) is 2.14. The Morgan fingerprint density at radius 2 is 2.27 bits per heavy atom. The molecule has 0 bridgehead atoms. The summed E-state index contributed by atoms with van der Waals surface area (Å²) in [6, 6.07) is 0. The monoisotopic (exact) mass is 213 g/mol. The molecule has 3 heteroatoms. The van der Waals surface area contributed by atoms with Crippen LogP contribution in [-0.2, 0) is 9.53 Å². The summed E-state index contributed by atoms with van der Waals surface area (Å²) >= 11 is 0. The van der Waals surface area contributed by atoms with Gasteiger partial charge in [0, 0.05) is 25.5 Å². The highest BCUT2D eigenvalue weighted by molar-refractivity contribution is 5.81. The van der Waals surface area contributed by atoms with Crippen molar-refractivity contribution in [3.05, 3.63) is 0 Å². The summed E-state index contributed by atoms with van der Waals surface area (Å²) in [7, 11) is 0. The van der Waals surface area contributed by atoms with Crippen LogP contribution in [0.5, 0.6) is 0 Å². The molecule has 0 spiro atoms. The predicted molar refractivity (Wildman–Crippen MR) is 60.6 cm³/mol. The van der Waals surface area contributed by atoms with Crippen LogP contribution in [0.3, 0.4) is 0 Å². The van der Waals surface area contributed by atoms with Crippen LogP contribution < -0.4 is 5.73 Å². The molecule has 1 rings (SSSR count). The van der Waals surface area contributed by atoms with Gasteiger partial charge < -0.3 is 10.5 Å². The van der Waals surface area contributed by atoms with Gasteiger partial charge in [0.2, 0.25) is 0 Å². The van der Waals surface area contributed by atoms with Gasteiger partial charge in [0.05, 0.1) is 6.10 Å². The Bertz CT molecular complexity index is 198. The molecule has 3 nitrogen and oxygen atoms in total. The molecule has 0 radical (unpaired) electrons. The van der Waals surface area contributed by atoms with Crippen molar-refractivity contribution < 1.29 is 9.53 Å². The number of ether oxygens (including phenoxy) is 1. The lowest BCUT2D eigenvalue weighted by Gasteiger charge is -2.18. The van der Waals surface area contributed by atoms with Gasteiger partial charge in [-0.15, -0.1) is 0 Å². The molecule has 1 aliphatic heterocycles. The summed E-state index contributed by atoms with van der Waals surface area (Å²) in [6.07, 6.45) is 4.08. The molecule has 1 saturated heterocycles. The number of hydrogen-bond donors (Lipinski definition) is 1. The second-order valence-electron chi connectivity index (χ2n) is 4.73. The molecule has 0 aliphatic carbocycles. The number of hydrogen-bond acceptors (Lipinski definition) is 3. The zero-order valence-electron chi connectivity index (χ0n) is 9.87. The number of nitrogens with two attached hydrogens (primary N) is 1. The van der Waals surface area contributed by atoms with Crippen LogP contribution in [0, 0.1) is 11.8 Å². The maximum absolute atomic E-state index is 11.8. The lowest BCUT2D eigenvalue weighted by atomic mass is 9.89. The number of ketones is 1. The Morgan fingerprint density at radius 3 is 2.73 bits per heavy atom. The topological polar surface area (TPSA) is 52.3 Å². The lowest BCUT2D eigenvalue weighted by Crippen LogP contribution is -2.28. The Hall–Kier alpha value is -0.410. The molecule has 15 heavy (non-hydrogen) atoms. The van der Waals surface area contributed by atoms with Crippen LogP contribution in [0.1, 0.15) is 39.5 Å². The number of Topliss-reactive ketones (excluding diaryl/α,β-unsaturated/α-hetero) is 1. The van der Waals surface area contributed by atoms with E-state index in [2.05, 4.69) is 13.8 Å². The van der Waals surface area contributed by atoms with Crippen LogP contribution in [0.2, 0.25) is 0 Å². The van der Waals surface area contributed by atoms with E-state index in [1.165, 1.54) is 0 Å². The molecule has 0 aromatic heterocycles. The Kier molecular flexibility index (Phi) is 5.26. The first-order chi connectivity index (χ1) is 7.15. The van der Waals surface area contributed by atoms with Crippen molar-refractivity contribution in [1.29, 1.82) is 0 Å². The molecule has 1 fully saturated rings. The fraction of sp³-hybridized carbons (Fsp3) is 0.917. The minimum absolute atomic E-state index is 0.0337. The summed E-state index contributed by atoms with van der Waals surface area (Å²) in [6.45, 7) is 5.45. The van der Waals surface area contributed by atoms with Crippen LogP contribution in [0.15, 0.2) is 0 Å². The van der Waals surface area contributed by atoms with Crippen molar-refractivity contribution in [2.45, 2.75) is 45.6 Å². The molecule has 1 aliphatic rings. The van der Waals surface area contributed by atoms with E-state index in [4.69, 9.17) is 10.5 Å². The Morgan fingerprint density at radius 1 is 1.53 bits per heavy atom. The summed E-state index contributed by atoms with van der Waals surface area (Å²) in [5.41, 5.74) is 5.61. The van der Waals surface area contributed by atoms with Crippen LogP contribution in [0.25, 0.3) is 0 Å². The van der Waals surface area contributed by atoms with E-state index >= 15 is 0 Å². The smallest absolute Gasteiger partial charge is 0.137 e. The highest BCUT2D eigenvalue weighted by Crippen LogP contribution is 2.20. The molecular formula is C12H23NO2. The van der Waals surface area contributed by atoms with Crippen LogP contribution >= 0.6 is 0 Å².